The lowest BCUT2D eigenvalue weighted by Crippen LogP contribution is -2.54. The summed E-state index contributed by atoms with van der Waals surface area (Å²) in [6.07, 6.45) is 12.0. The average molecular weight is 418 g/mol. The van der Waals surface area contributed by atoms with Crippen LogP contribution in [0.5, 0.6) is 0 Å². The number of nitrogens with one attached hydrogen (secondary N) is 2. The summed E-state index contributed by atoms with van der Waals surface area (Å²) in [5, 5.41) is 15.7. The maximum atomic E-state index is 5.79. The van der Waals surface area contributed by atoms with Gasteiger partial charge in [0.2, 0.25) is 0 Å². The fourth-order valence-electron chi connectivity index (χ4n) is 5.00. The van der Waals surface area contributed by atoms with Crippen LogP contribution >= 0.6 is 0 Å². The van der Waals surface area contributed by atoms with Gasteiger partial charge in [-0.2, -0.15) is 0 Å². The van der Waals surface area contributed by atoms with Crippen molar-refractivity contribution in [1.82, 2.24) is 30.3 Å². The van der Waals surface area contributed by atoms with Gasteiger partial charge in [0, 0.05) is 38.8 Å². The van der Waals surface area contributed by atoms with Gasteiger partial charge >= 0.3 is 0 Å². The van der Waals surface area contributed by atoms with Crippen molar-refractivity contribution in [2.75, 3.05) is 26.2 Å². The maximum Gasteiger partial charge on any atom is 0.192 e. The van der Waals surface area contributed by atoms with Crippen molar-refractivity contribution >= 4 is 5.96 Å². The van der Waals surface area contributed by atoms with E-state index in [9.17, 15) is 0 Å². The molecule has 8 nitrogen and oxygen atoms in total. The predicted molar refractivity (Wildman–Crippen MR) is 118 cm³/mol. The summed E-state index contributed by atoms with van der Waals surface area (Å²) in [4.78, 5) is 7.58. The fraction of sp³-hybridized carbons (Fsp3) is 0.864. The lowest BCUT2D eigenvalue weighted by atomic mass is 9.92. The van der Waals surface area contributed by atoms with Crippen molar-refractivity contribution in [3.8, 4) is 0 Å². The van der Waals surface area contributed by atoms with E-state index in [0.29, 0.717) is 18.7 Å². The van der Waals surface area contributed by atoms with Gasteiger partial charge < -0.3 is 19.9 Å². The van der Waals surface area contributed by atoms with Gasteiger partial charge in [0.25, 0.3) is 0 Å². The number of guanidine groups is 1. The third kappa shape index (κ3) is 5.72. The minimum Gasteiger partial charge on any atom is -0.376 e. The number of ether oxygens (including phenoxy) is 1. The molecule has 2 aliphatic heterocycles. The third-order valence-corrected chi connectivity index (χ3v) is 6.97. The summed E-state index contributed by atoms with van der Waals surface area (Å²) in [6, 6.07) is 1.22. The zero-order chi connectivity index (χ0) is 20.8. The highest BCUT2D eigenvalue weighted by molar-refractivity contribution is 5.80. The van der Waals surface area contributed by atoms with Crippen LogP contribution in [0.15, 0.2) is 4.99 Å². The van der Waals surface area contributed by atoms with Crippen molar-refractivity contribution in [2.45, 2.75) is 89.4 Å². The van der Waals surface area contributed by atoms with Crippen LogP contribution in [0.3, 0.4) is 0 Å². The Labute approximate surface area is 180 Å². The summed E-state index contributed by atoms with van der Waals surface area (Å²) in [7, 11) is 2.00. The molecule has 0 aromatic carbocycles. The van der Waals surface area contributed by atoms with Crippen LogP contribution in [-0.2, 0) is 18.3 Å². The van der Waals surface area contributed by atoms with Gasteiger partial charge in [0.1, 0.15) is 12.4 Å². The van der Waals surface area contributed by atoms with Gasteiger partial charge in [0.15, 0.2) is 11.8 Å². The largest absolute Gasteiger partial charge is 0.376 e. The molecule has 3 heterocycles. The molecule has 3 aliphatic rings. The molecule has 0 spiro atoms. The molecule has 0 radical (unpaired) electrons. The number of likely N-dealkylation sites (tertiary alicyclic amines) is 1. The molecule has 2 saturated heterocycles. The van der Waals surface area contributed by atoms with Crippen LogP contribution in [0.2, 0.25) is 0 Å². The Morgan fingerprint density at radius 1 is 1.10 bits per heavy atom. The lowest BCUT2D eigenvalue weighted by molar-refractivity contribution is 0.111. The topological polar surface area (TPSA) is 79.6 Å². The van der Waals surface area contributed by atoms with Gasteiger partial charge in [-0.15, -0.1) is 10.2 Å². The zero-order valence-electron chi connectivity index (χ0n) is 18.8. The van der Waals surface area contributed by atoms with E-state index < -0.39 is 0 Å². The van der Waals surface area contributed by atoms with Crippen LogP contribution in [0.4, 0.5) is 0 Å². The molecule has 4 rings (SSSR count). The van der Waals surface area contributed by atoms with Gasteiger partial charge in [-0.25, -0.2) is 4.99 Å². The van der Waals surface area contributed by atoms with E-state index in [1.807, 2.05) is 18.5 Å². The minimum atomic E-state index is 0.291. The first-order valence-electron chi connectivity index (χ1n) is 11.9. The number of hydrogen-bond donors (Lipinski definition) is 2. The van der Waals surface area contributed by atoms with Crippen molar-refractivity contribution < 1.29 is 4.74 Å². The molecule has 2 unspecified atom stereocenters. The Bertz CT molecular complexity index is 692. The molecule has 30 heavy (non-hydrogen) atoms. The number of aromatic nitrogens is 3. The quantitative estimate of drug-likeness (QED) is 0.545. The van der Waals surface area contributed by atoms with Crippen LogP contribution in [0, 0.1) is 6.92 Å². The van der Waals surface area contributed by atoms with Gasteiger partial charge in [0.05, 0.1) is 6.10 Å². The second-order valence-corrected chi connectivity index (χ2v) is 9.17. The Morgan fingerprint density at radius 3 is 2.70 bits per heavy atom. The second kappa shape index (κ2) is 10.6. The van der Waals surface area contributed by atoms with Crippen molar-refractivity contribution in [3.63, 3.8) is 0 Å². The van der Waals surface area contributed by atoms with Crippen LogP contribution in [0.25, 0.3) is 0 Å². The molecule has 2 N–H and O–H groups in total. The molecular formula is C22H39N7O. The molecule has 0 bridgehead atoms. The van der Waals surface area contributed by atoms with E-state index in [-0.39, 0.29) is 0 Å². The number of aliphatic imine (C=N–C) groups is 1. The Balaban J connectivity index is 1.37. The average Bonchev–Trinajstić information content (AvgIpc) is 3.41. The smallest absolute Gasteiger partial charge is 0.192 e. The molecule has 8 heteroatoms. The summed E-state index contributed by atoms with van der Waals surface area (Å²) in [5.41, 5.74) is 0. The maximum absolute atomic E-state index is 5.79. The Kier molecular flexibility index (Phi) is 7.60. The molecule has 1 aromatic rings. The Hall–Kier alpha value is -1.67. The van der Waals surface area contributed by atoms with Crippen molar-refractivity contribution in [3.05, 3.63) is 11.6 Å². The number of rotatable bonds is 6. The number of nitrogens with zero attached hydrogens (tertiary/aromatic N) is 5. The summed E-state index contributed by atoms with van der Waals surface area (Å²) in [6.45, 7) is 6.55. The molecule has 2 atom stereocenters. The van der Waals surface area contributed by atoms with Gasteiger partial charge in [-0.1, -0.05) is 19.3 Å². The van der Waals surface area contributed by atoms with E-state index in [4.69, 9.17) is 9.73 Å². The summed E-state index contributed by atoms with van der Waals surface area (Å²) < 4.78 is 7.80. The second-order valence-electron chi connectivity index (χ2n) is 9.17. The zero-order valence-corrected chi connectivity index (χ0v) is 18.8. The van der Waals surface area contributed by atoms with Crippen LogP contribution in [-0.4, -0.2) is 70.1 Å². The third-order valence-electron chi connectivity index (χ3n) is 6.97. The first-order chi connectivity index (χ1) is 14.7. The highest BCUT2D eigenvalue weighted by Crippen LogP contribution is 2.25. The lowest BCUT2D eigenvalue weighted by Gasteiger charge is -2.40. The first-order valence-corrected chi connectivity index (χ1v) is 11.9. The molecule has 1 aliphatic carbocycles. The fourth-order valence-corrected chi connectivity index (χ4v) is 5.00. The van der Waals surface area contributed by atoms with E-state index in [1.54, 1.807) is 0 Å². The van der Waals surface area contributed by atoms with Crippen molar-refractivity contribution in [1.29, 1.82) is 0 Å². The molecule has 168 valence electrons. The SMILES string of the molecule is Cc1nnc(CN=C(NCC2CCCO2)NC2CCCN(C3CCCCC3)C2)n1C. The predicted octanol–water partition coefficient (Wildman–Crippen LogP) is 2.13. The number of aryl methyl sites for hydroxylation is 1. The van der Waals surface area contributed by atoms with Gasteiger partial charge in [-0.3, -0.25) is 4.90 Å². The first kappa shape index (κ1) is 21.6. The molecule has 1 saturated carbocycles. The van der Waals surface area contributed by atoms with E-state index in [0.717, 1.165) is 56.2 Å². The highest BCUT2D eigenvalue weighted by atomic mass is 16.5. The number of piperidine rings is 1. The van der Waals surface area contributed by atoms with E-state index >= 15 is 0 Å². The minimum absolute atomic E-state index is 0.291. The molecule has 3 fully saturated rings. The standard InChI is InChI=1S/C22H39N7O/c1-17-26-27-21(28(17)2)15-24-22(23-14-20-11-7-13-30-20)25-18-8-6-12-29(16-18)19-9-4-3-5-10-19/h18-20H,3-16H2,1-2H3,(H2,23,24,25). The van der Waals surface area contributed by atoms with Crippen LogP contribution < -0.4 is 10.6 Å². The molecular weight excluding hydrogens is 378 g/mol. The normalized spacial score (nSPS) is 26.8. The monoisotopic (exact) mass is 417 g/mol. The molecule has 0 amide bonds. The summed E-state index contributed by atoms with van der Waals surface area (Å²) in [5.74, 6) is 2.68. The van der Waals surface area contributed by atoms with Crippen molar-refractivity contribution in [2.24, 2.45) is 12.0 Å². The Morgan fingerprint density at radius 2 is 1.97 bits per heavy atom. The highest BCUT2D eigenvalue weighted by Gasteiger charge is 2.27. The van der Waals surface area contributed by atoms with E-state index in [2.05, 4.69) is 25.7 Å². The molecule has 1 aromatic heterocycles. The van der Waals surface area contributed by atoms with Crippen LogP contribution in [0.1, 0.15) is 69.4 Å². The van der Waals surface area contributed by atoms with Gasteiger partial charge in [-0.05, 0) is 52.0 Å². The van der Waals surface area contributed by atoms with E-state index in [1.165, 1.54) is 51.5 Å². The summed E-state index contributed by atoms with van der Waals surface area (Å²) >= 11 is 0. The number of hydrogen-bond acceptors (Lipinski definition) is 5.